The third-order valence-electron chi connectivity index (χ3n) is 9.04. The molecule has 2 aromatic carbocycles. The maximum Gasteiger partial charge on any atom is 0.414 e. The number of ether oxygens (including phenoxy) is 3. The fourth-order valence-corrected chi connectivity index (χ4v) is 6.29. The molecule has 1 aromatic heterocycles. The van der Waals surface area contributed by atoms with Gasteiger partial charge in [0.15, 0.2) is 14.0 Å². The van der Waals surface area contributed by atoms with Crippen molar-refractivity contribution in [2.24, 2.45) is 0 Å². The first-order chi connectivity index (χ1) is 22.1. The molecule has 1 N–H and O–H groups in total. The molecule has 0 spiro atoms. The molecule has 2 aliphatic rings. The first kappa shape index (κ1) is 34.3. The molecule has 1 fully saturated rings. The summed E-state index contributed by atoms with van der Waals surface area (Å²) in [5.41, 5.74) is -0.0806. The Hall–Kier alpha value is -4.07. The monoisotopic (exact) mass is 666 g/mol. The van der Waals surface area contributed by atoms with E-state index >= 15 is 0 Å². The van der Waals surface area contributed by atoms with E-state index in [1.54, 1.807) is 13.8 Å². The lowest BCUT2D eigenvalue weighted by atomic mass is 10.1. The summed E-state index contributed by atoms with van der Waals surface area (Å²) < 4.78 is 39.7. The van der Waals surface area contributed by atoms with Crippen molar-refractivity contribution in [3.05, 3.63) is 87.3 Å². The van der Waals surface area contributed by atoms with Crippen LogP contribution in [0.4, 0.5) is 14.9 Å². The molecule has 0 unspecified atom stereocenters. The zero-order valence-corrected chi connectivity index (χ0v) is 29.0. The lowest BCUT2D eigenvalue weighted by Crippen LogP contribution is -2.46. The normalized spacial score (nSPS) is 17.7. The summed E-state index contributed by atoms with van der Waals surface area (Å²) in [4.78, 5) is 46.5. The number of amides is 2. The molecule has 2 aliphatic heterocycles. The maximum atomic E-state index is 14.6. The van der Waals surface area contributed by atoms with E-state index in [1.807, 2.05) is 30.3 Å². The van der Waals surface area contributed by atoms with Crippen LogP contribution in [0.1, 0.15) is 62.1 Å². The van der Waals surface area contributed by atoms with Crippen LogP contribution < -0.4 is 20.5 Å². The summed E-state index contributed by atoms with van der Waals surface area (Å²) in [6, 6.07) is 12.8. The van der Waals surface area contributed by atoms with Gasteiger partial charge in [-0.25, -0.2) is 14.2 Å². The summed E-state index contributed by atoms with van der Waals surface area (Å²) in [7, 11) is -2.16. The van der Waals surface area contributed by atoms with Crippen LogP contribution in [0.5, 0.6) is 5.75 Å². The number of benzene rings is 2. The number of halogens is 1. The number of rotatable bonds is 10. The Balaban J connectivity index is 1.43. The zero-order chi connectivity index (χ0) is 34.1. The highest BCUT2D eigenvalue weighted by molar-refractivity contribution is 6.74. The lowest BCUT2D eigenvalue weighted by Gasteiger charge is -2.37. The van der Waals surface area contributed by atoms with E-state index in [0.29, 0.717) is 18.0 Å². The Morgan fingerprint density at radius 3 is 2.57 bits per heavy atom. The number of nitrogens with zero attached hydrogens (tertiary/aromatic N) is 3. The Morgan fingerprint density at radius 1 is 1.15 bits per heavy atom. The van der Waals surface area contributed by atoms with E-state index in [1.165, 1.54) is 27.7 Å². The van der Waals surface area contributed by atoms with Crippen LogP contribution in [0.3, 0.4) is 0 Å². The third-order valence-corrected chi connectivity index (χ3v) is 13.5. The predicted octanol–water partition coefficient (Wildman–Crippen LogP) is 5.50. The van der Waals surface area contributed by atoms with E-state index in [9.17, 15) is 18.8 Å². The molecule has 3 aromatic rings. The van der Waals surface area contributed by atoms with Crippen LogP contribution in [0.25, 0.3) is 0 Å². The van der Waals surface area contributed by atoms with Crippen molar-refractivity contribution in [3.8, 4) is 5.75 Å². The number of aromatic nitrogens is 2. The predicted molar refractivity (Wildman–Crippen MR) is 177 cm³/mol. The van der Waals surface area contributed by atoms with Crippen molar-refractivity contribution in [2.75, 3.05) is 24.7 Å². The second-order valence-electron chi connectivity index (χ2n) is 13.8. The van der Waals surface area contributed by atoms with Crippen LogP contribution in [0.15, 0.2) is 53.3 Å². The molecule has 0 saturated carbocycles. The van der Waals surface area contributed by atoms with E-state index in [2.05, 4.69) is 44.2 Å². The summed E-state index contributed by atoms with van der Waals surface area (Å²) in [6.07, 6.45) is -0.629. The van der Waals surface area contributed by atoms with Crippen molar-refractivity contribution >= 4 is 26.0 Å². The van der Waals surface area contributed by atoms with Gasteiger partial charge in [-0.15, -0.1) is 0 Å². The molecule has 5 rings (SSSR count). The largest absolute Gasteiger partial charge is 0.481 e. The molecule has 1 atom stereocenters. The van der Waals surface area contributed by atoms with Gasteiger partial charge in [0.25, 0.3) is 11.5 Å². The van der Waals surface area contributed by atoms with E-state index in [0.717, 1.165) is 5.56 Å². The van der Waals surface area contributed by atoms with Gasteiger partial charge >= 0.3 is 6.09 Å². The van der Waals surface area contributed by atoms with Gasteiger partial charge in [-0.3, -0.25) is 19.1 Å². The van der Waals surface area contributed by atoms with Crippen LogP contribution in [0.2, 0.25) is 18.1 Å². The second-order valence-corrected chi connectivity index (χ2v) is 18.6. The molecule has 0 radical (unpaired) electrons. The van der Waals surface area contributed by atoms with Crippen molar-refractivity contribution < 1.29 is 32.6 Å². The smallest absolute Gasteiger partial charge is 0.414 e. The fraction of sp³-hybridized carbons (Fsp3) is 0.471. The first-order valence-electron chi connectivity index (χ1n) is 15.7. The van der Waals surface area contributed by atoms with Crippen molar-refractivity contribution in [1.29, 1.82) is 0 Å². The Kier molecular flexibility index (Phi) is 9.63. The van der Waals surface area contributed by atoms with E-state index < -0.39 is 43.3 Å². The van der Waals surface area contributed by atoms with Crippen LogP contribution in [-0.2, 0) is 39.2 Å². The molecular weight excluding hydrogens is 623 g/mol. The number of nitrogens with one attached hydrogen (secondary N) is 1. The average molecular weight is 667 g/mol. The second kappa shape index (κ2) is 13.2. The number of hydrogen-bond acceptors (Lipinski definition) is 8. The highest BCUT2D eigenvalue weighted by atomic mass is 28.4. The average Bonchev–Trinajstić information content (AvgIpc) is 3.38. The molecule has 11 nitrogen and oxygen atoms in total. The molecular formula is C34H43FN4O7Si. The maximum absolute atomic E-state index is 14.6. The highest BCUT2D eigenvalue weighted by Crippen LogP contribution is 2.37. The van der Waals surface area contributed by atoms with Gasteiger partial charge in [0, 0.05) is 6.54 Å². The Morgan fingerprint density at radius 2 is 1.87 bits per heavy atom. The number of carbonyl (C=O) groups is 2. The molecule has 0 bridgehead atoms. The summed E-state index contributed by atoms with van der Waals surface area (Å²) in [5.74, 6) is -1.11. The number of fused-ring (bicyclic) bond motifs is 1. The zero-order valence-electron chi connectivity index (χ0n) is 28.0. The molecule has 1 saturated heterocycles. The SMILES string of the molecule is CC1(C)OCCn2c1nc(C(=O)NCc1ccc(F)cc1N1C(=O)OC[C@@H]1CO[Si](C)(C)C(C)(C)C)c(OCc1ccccc1)c2=O. The summed E-state index contributed by atoms with van der Waals surface area (Å²) in [5, 5.41) is 2.76. The molecule has 252 valence electrons. The Bertz CT molecular complexity index is 1700. The molecule has 3 heterocycles. The van der Waals surface area contributed by atoms with Gasteiger partial charge < -0.3 is 24.0 Å². The third kappa shape index (κ3) is 7.26. The molecule has 2 amide bonds. The van der Waals surface area contributed by atoms with Crippen LogP contribution in [-0.4, -0.2) is 55.7 Å². The number of hydrogen-bond donors (Lipinski definition) is 1. The van der Waals surface area contributed by atoms with Crippen molar-refractivity contribution in [1.82, 2.24) is 14.9 Å². The molecule has 0 aliphatic carbocycles. The topological polar surface area (TPSA) is 121 Å². The van der Waals surface area contributed by atoms with Gasteiger partial charge in [0.2, 0.25) is 5.75 Å². The van der Waals surface area contributed by atoms with Crippen molar-refractivity contribution in [3.63, 3.8) is 0 Å². The summed E-state index contributed by atoms with van der Waals surface area (Å²) >= 11 is 0. The van der Waals surface area contributed by atoms with Crippen molar-refractivity contribution in [2.45, 2.75) is 84.1 Å². The minimum absolute atomic E-state index is 0.0478. The number of carbonyl (C=O) groups excluding carboxylic acids is 2. The fourth-order valence-electron chi connectivity index (χ4n) is 5.24. The minimum atomic E-state index is -2.16. The van der Waals surface area contributed by atoms with Crippen LogP contribution >= 0.6 is 0 Å². The van der Waals surface area contributed by atoms with Gasteiger partial charge in [0.05, 0.1) is 31.5 Å². The standard InChI is InChI=1S/C34H43FN4O7Si/c1-33(2,3)47(6,7)46-21-25-20-44-32(42)39(25)26-17-24(35)14-13-23(26)18-36-29(40)27-28(43-19-22-11-9-8-10-12-22)30(41)38-15-16-45-34(4,5)31(38)37-27/h8-14,17,25H,15-16,18-21H2,1-7H3,(H,36,40)/t25-/m1/s1. The molecule has 13 heteroatoms. The van der Waals surface area contributed by atoms with E-state index in [4.69, 9.17) is 18.6 Å². The Labute approximate surface area is 275 Å². The summed E-state index contributed by atoms with van der Waals surface area (Å²) in [6.45, 7) is 15.0. The van der Waals surface area contributed by atoms with Gasteiger partial charge in [-0.1, -0.05) is 57.2 Å². The van der Waals surface area contributed by atoms with Gasteiger partial charge in [0.1, 0.15) is 30.5 Å². The van der Waals surface area contributed by atoms with E-state index in [-0.39, 0.29) is 55.1 Å². The van der Waals surface area contributed by atoms with Gasteiger partial charge in [-0.2, -0.15) is 0 Å². The molecule has 47 heavy (non-hydrogen) atoms. The lowest BCUT2D eigenvalue weighted by molar-refractivity contribution is -0.0567. The highest BCUT2D eigenvalue weighted by Gasteiger charge is 2.41. The number of cyclic esters (lactones) is 1. The first-order valence-corrected chi connectivity index (χ1v) is 18.6. The van der Waals surface area contributed by atoms with Gasteiger partial charge in [-0.05, 0) is 55.2 Å². The minimum Gasteiger partial charge on any atom is -0.481 e. The quantitative estimate of drug-likeness (QED) is 0.282. The number of anilines is 1. The van der Waals surface area contributed by atoms with Crippen LogP contribution in [0, 0.1) is 5.82 Å².